The van der Waals surface area contributed by atoms with Crippen molar-refractivity contribution in [1.29, 1.82) is 0 Å². The van der Waals surface area contributed by atoms with Crippen LogP contribution in [0.15, 0.2) is 53.4 Å². The molecule has 1 saturated carbocycles. The molecule has 0 aromatic heterocycles. The second-order valence-corrected chi connectivity index (χ2v) is 10.7. The number of aryl methyl sites for hydroxylation is 1. The minimum atomic E-state index is -3.77. The van der Waals surface area contributed by atoms with E-state index in [1.54, 1.807) is 47.4 Å². The van der Waals surface area contributed by atoms with Crippen molar-refractivity contribution in [1.82, 2.24) is 10.2 Å². The molecular weight excluding hydrogens is 438 g/mol. The molecule has 1 saturated heterocycles. The second kappa shape index (κ2) is 9.95. The van der Waals surface area contributed by atoms with Gasteiger partial charge in [-0.25, -0.2) is 8.42 Å². The topological polar surface area (TPSA) is 95.6 Å². The van der Waals surface area contributed by atoms with Crippen LogP contribution in [0, 0.1) is 6.92 Å². The minimum Gasteiger partial charge on any atom is -0.352 e. The number of amides is 2. The van der Waals surface area contributed by atoms with Gasteiger partial charge in [0, 0.05) is 23.8 Å². The molecule has 2 N–H and O–H groups in total. The monoisotopic (exact) mass is 469 g/mol. The highest BCUT2D eigenvalue weighted by Crippen LogP contribution is 2.24. The Balaban J connectivity index is 1.46. The zero-order chi connectivity index (χ0) is 23.4. The average Bonchev–Trinajstić information content (AvgIpc) is 3.29. The Kier molecular flexibility index (Phi) is 7.02. The van der Waals surface area contributed by atoms with E-state index in [-0.39, 0.29) is 22.8 Å². The first kappa shape index (κ1) is 23.3. The second-order valence-electron chi connectivity index (χ2n) is 9.00. The Hall–Kier alpha value is -2.87. The van der Waals surface area contributed by atoms with Crippen LogP contribution < -0.4 is 10.0 Å². The predicted octanol–water partition coefficient (Wildman–Crippen LogP) is 3.85. The van der Waals surface area contributed by atoms with Gasteiger partial charge in [-0.1, -0.05) is 43.0 Å². The maximum atomic E-state index is 13.2. The van der Waals surface area contributed by atoms with E-state index < -0.39 is 16.1 Å². The van der Waals surface area contributed by atoms with Crippen LogP contribution in [0.4, 0.5) is 5.69 Å². The number of rotatable bonds is 6. The van der Waals surface area contributed by atoms with Gasteiger partial charge in [0.2, 0.25) is 5.91 Å². The van der Waals surface area contributed by atoms with Crippen LogP contribution in [0.3, 0.4) is 0 Å². The summed E-state index contributed by atoms with van der Waals surface area (Å²) in [6.45, 7) is 2.40. The smallest absolute Gasteiger partial charge is 0.261 e. The van der Waals surface area contributed by atoms with E-state index in [2.05, 4.69) is 10.0 Å². The van der Waals surface area contributed by atoms with E-state index in [4.69, 9.17) is 0 Å². The molecule has 1 aliphatic carbocycles. The molecule has 176 valence electrons. The van der Waals surface area contributed by atoms with Gasteiger partial charge >= 0.3 is 0 Å². The minimum absolute atomic E-state index is 0.0796. The first-order valence-corrected chi connectivity index (χ1v) is 13.1. The van der Waals surface area contributed by atoms with Gasteiger partial charge in [-0.15, -0.1) is 0 Å². The van der Waals surface area contributed by atoms with Gasteiger partial charge in [0.1, 0.15) is 6.04 Å². The van der Waals surface area contributed by atoms with Gasteiger partial charge in [0.05, 0.1) is 4.90 Å². The molecule has 2 amide bonds. The zero-order valence-corrected chi connectivity index (χ0v) is 19.7. The summed E-state index contributed by atoms with van der Waals surface area (Å²) < 4.78 is 28.0. The SMILES string of the molecule is Cc1ccc(S(=O)(=O)Nc2cccc(C(=O)N3CCC[C@H]3C(=O)NC3CCCCC3)c2)cc1. The highest BCUT2D eigenvalue weighted by atomic mass is 32.2. The number of hydrogen-bond acceptors (Lipinski definition) is 4. The van der Waals surface area contributed by atoms with Gasteiger partial charge in [-0.2, -0.15) is 0 Å². The molecule has 0 unspecified atom stereocenters. The first-order chi connectivity index (χ1) is 15.8. The zero-order valence-electron chi connectivity index (χ0n) is 18.9. The number of hydrogen-bond donors (Lipinski definition) is 2. The molecule has 2 aromatic rings. The van der Waals surface area contributed by atoms with Crippen molar-refractivity contribution in [3.8, 4) is 0 Å². The van der Waals surface area contributed by atoms with Gasteiger partial charge in [-0.05, 0) is 62.9 Å². The molecule has 1 heterocycles. The quantitative estimate of drug-likeness (QED) is 0.672. The summed E-state index contributed by atoms with van der Waals surface area (Å²) in [5.74, 6) is -0.336. The fourth-order valence-corrected chi connectivity index (χ4v) is 5.69. The van der Waals surface area contributed by atoms with Crippen molar-refractivity contribution >= 4 is 27.5 Å². The van der Waals surface area contributed by atoms with Gasteiger partial charge in [-0.3, -0.25) is 14.3 Å². The average molecular weight is 470 g/mol. The molecule has 1 atom stereocenters. The highest BCUT2D eigenvalue weighted by molar-refractivity contribution is 7.92. The van der Waals surface area contributed by atoms with Gasteiger partial charge in [0.15, 0.2) is 0 Å². The number of carbonyl (C=O) groups excluding carboxylic acids is 2. The molecule has 7 nitrogen and oxygen atoms in total. The Morgan fingerprint density at radius 3 is 2.39 bits per heavy atom. The maximum absolute atomic E-state index is 13.2. The normalized spacial score (nSPS) is 19.3. The molecule has 0 bridgehead atoms. The molecule has 0 radical (unpaired) electrons. The van der Waals surface area contributed by atoms with Gasteiger partial charge < -0.3 is 10.2 Å². The van der Waals surface area contributed by atoms with E-state index in [1.165, 1.54) is 12.5 Å². The number of sulfonamides is 1. The third-order valence-electron chi connectivity index (χ3n) is 6.46. The van der Waals surface area contributed by atoms with Crippen LogP contribution >= 0.6 is 0 Å². The van der Waals surface area contributed by atoms with E-state index >= 15 is 0 Å². The number of anilines is 1. The lowest BCUT2D eigenvalue weighted by molar-refractivity contribution is -0.125. The summed E-state index contributed by atoms with van der Waals surface area (Å²) in [7, 11) is -3.77. The molecule has 8 heteroatoms. The Labute approximate surface area is 195 Å². The van der Waals surface area contributed by atoms with Crippen LogP contribution in [0.5, 0.6) is 0 Å². The van der Waals surface area contributed by atoms with Crippen molar-refractivity contribution in [2.24, 2.45) is 0 Å². The molecule has 2 fully saturated rings. The molecular formula is C25H31N3O4S. The number of nitrogens with one attached hydrogen (secondary N) is 2. The van der Waals surface area contributed by atoms with Gasteiger partial charge in [0.25, 0.3) is 15.9 Å². The van der Waals surface area contributed by atoms with Crippen LogP contribution in [0.2, 0.25) is 0 Å². The lowest BCUT2D eigenvalue weighted by Gasteiger charge is -2.28. The van der Waals surface area contributed by atoms with E-state index in [0.29, 0.717) is 24.2 Å². The van der Waals surface area contributed by atoms with E-state index in [0.717, 1.165) is 37.7 Å². The summed E-state index contributed by atoms with van der Waals surface area (Å²) in [6, 6.07) is 12.7. The summed E-state index contributed by atoms with van der Waals surface area (Å²) in [6.07, 6.45) is 6.88. The molecule has 2 aliphatic rings. The Morgan fingerprint density at radius 2 is 1.67 bits per heavy atom. The van der Waals surface area contributed by atoms with Crippen molar-refractivity contribution in [2.45, 2.75) is 68.8 Å². The first-order valence-electron chi connectivity index (χ1n) is 11.6. The largest absolute Gasteiger partial charge is 0.352 e. The number of nitrogens with zero attached hydrogens (tertiary/aromatic N) is 1. The summed E-state index contributed by atoms with van der Waals surface area (Å²) in [5.41, 5.74) is 1.63. The van der Waals surface area contributed by atoms with Crippen LogP contribution in [-0.4, -0.2) is 43.8 Å². The van der Waals surface area contributed by atoms with Crippen molar-refractivity contribution in [2.75, 3.05) is 11.3 Å². The number of benzene rings is 2. The van der Waals surface area contributed by atoms with Crippen LogP contribution in [-0.2, 0) is 14.8 Å². The lowest BCUT2D eigenvalue weighted by atomic mass is 9.95. The maximum Gasteiger partial charge on any atom is 0.261 e. The van der Waals surface area contributed by atoms with Crippen molar-refractivity contribution in [3.05, 3.63) is 59.7 Å². The number of carbonyl (C=O) groups is 2. The van der Waals surface area contributed by atoms with Crippen LogP contribution in [0.1, 0.15) is 60.9 Å². The fraction of sp³-hybridized carbons (Fsp3) is 0.440. The lowest BCUT2D eigenvalue weighted by Crippen LogP contribution is -2.49. The van der Waals surface area contributed by atoms with Crippen molar-refractivity contribution < 1.29 is 18.0 Å². The van der Waals surface area contributed by atoms with E-state index in [9.17, 15) is 18.0 Å². The van der Waals surface area contributed by atoms with Crippen LogP contribution in [0.25, 0.3) is 0 Å². The summed E-state index contributed by atoms with van der Waals surface area (Å²) >= 11 is 0. The third-order valence-corrected chi connectivity index (χ3v) is 7.86. The summed E-state index contributed by atoms with van der Waals surface area (Å²) in [5, 5.41) is 3.14. The van der Waals surface area contributed by atoms with Crippen molar-refractivity contribution in [3.63, 3.8) is 0 Å². The molecule has 4 rings (SSSR count). The predicted molar refractivity (Wildman–Crippen MR) is 128 cm³/mol. The molecule has 0 spiro atoms. The fourth-order valence-electron chi connectivity index (χ4n) is 4.64. The Morgan fingerprint density at radius 1 is 0.939 bits per heavy atom. The highest BCUT2D eigenvalue weighted by Gasteiger charge is 2.35. The van der Waals surface area contributed by atoms with E-state index in [1.807, 2.05) is 6.92 Å². The third kappa shape index (κ3) is 5.55. The Bertz CT molecular complexity index is 1110. The molecule has 1 aliphatic heterocycles. The standard InChI is InChI=1S/C25H31N3O4S/c1-18-12-14-22(15-13-18)33(31,32)27-21-10-5-7-19(17-21)25(30)28-16-6-11-23(28)24(29)26-20-8-3-2-4-9-20/h5,7,10,12-15,17,20,23,27H,2-4,6,8-9,11,16H2,1H3,(H,26,29)/t23-/m0/s1. The number of likely N-dealkylation sites (tertiary alicyclic amines) is 1. The summed E-state index contributed by atoms with van der Waals surface area (Å²) in [4.78, 5) is 27.9. The molecule has 33 heavy (non-hydrogen) atoms. The molecule has 2 aromatic carbocycles.